The van der Waals surface area contributed by atoms with Crippen molar-refractivity contribution in [1.29, 1.82) is 0 Å². The Balaban J connectivity index is 1.79. The van der Waals surface area contributed by atoms with Gasteiger partial charge in [-0.05, 0) is 0 Å². The predicted molar refractivity (Wildman–Crippen MR) is 134 cm³/mol. The van der Waals surface area contributed by atoms with Gasteiger partial charge in [0.25, 0.3) is 0 Å². The number of ether oxygens (including phenoxy) is 3. The van der Waals surface area contributed by atoms with Crippen molar-refractivity contribution in [3.63, 3.8) is 0 Å². The molecule has 0 unspecified atom stereocenters. The van der Waals surface area contributed by atoms with Crippen molar-refractivity contribution in [2.75, 3.05) is 0 Å². The molecule has 9 nitrogen and oxygen atoms in total. The van der Waals surface area contributed by atoms with Crippen LogP contribution in [0.3, 0.4) is 0 Å². The van der Waals surface area contributed by atoms with Crippen LogP contribution in [0.25, 0.3) is 0 Å². The Hall–Kier alpha value is -4.43. The normalized spacial score (nSPS) is 9.97. The zero-order valence-corrected chi connectivity index (χ0v) is 22.9. The van der Waals surface area contributed by atoms with E-state index in [4.69, 9.17) is 22.7 Å². The third-order valence-corrected chi connectivity index (χ3v) is 8.58. The molecule has 0 aliphatic heterocycles. The van der Waals surface area contributed by atoms with Gasteiger partial charge >= 0.3 is 223 Å². The van der Waals surface area contributed by atoms with Gasteiger partial charge in [-0.3, -0.25) is 0 Å². The Labute approximate surface area is 222 Å². The van der Waals surface area contributed by atoms with E-state index in [1.165, 1.54) is 36.4 Å². The summed E-state index contributed by atoms with van der Waals surface area (Å²) in [4.78, 5) is 35.5. The van der Waals surface area contributed by atoms with Gasteiger partial charge in [0.15, 0.2) is 0 Å². The molecule has 0 radical (unpaired) electrons. The summed E-state index contributed by atoms with van der Waals surface area (Å²) in [5.41, 5.74) is 0.928. The van der Waals surface area contributed by atoms with Crippen LogP contribution < -0.4 is 8.44 Å². The van der Waals surface area contributed by atoms with Crippen LogP contribution >= 0.6 is 0 Å². The van der Waals surface area contributed by atoms with Crippen molar-refractivity contribution in [2.45, 2.75) is 0 Å². The second kappa shape index (κ2) is 13.6. The van der Waals surface area contributed by atoms with E-state index < -0.39 is 41.0 Å². The van der Waals surface area contributed by atoms with E-state index in [9.17, 15) is 14.4 Å². The van der Waals surface area contributed by atoms with Crippen LogP contribution in [0.2, 0.25) is 0 Å². The summed E-state index contributed by atoms with van der Waals surface area (Å²) in [6.07, 6.45) is 3.14. The van der Waals surface area contributed by atoms with Crippen LogP contribution in [0.15, 0.2) is 111 Å². The van der Waals surface area contributed by atoms with Crippen LogP contribution in [0.5, 0.6) is 17.2 Å². The molecule has 3 rings (SSSR count). The van der Waals surface area contributed by atoms with Crippen molar-refractivity contribution < 1.29 is 37.0 Å². The first-order valence-corrected chi connectivity index (χ1v) is 14.8. The fourth-order valence-electron chi connectivity index (χ4n) is 2.70. The first kappa shape index (κ1) is 27.2. The van der Waals surface area contributed by atoms with E-state index in [0.29, 0.717) is 33.9 Å². The Kier molecular flexibility index (Phi) is 9.99. The number of carbonyl (C=O) groups is 3. The summed E-state index contributed by atoms with van der Waals surface area (Å²) in [7, 11) is 0. The molecule has 0 N–H and O–H groups in total. The van der Waals surface area contributed by atoms with Gasteiger partial charge < -0.3 is 0 Å². The number of benzene rings is 3. The summed E-state index contributed by atoms with van der Waals surface area (Å²) in [6.45, 7) is 10.1. The molecule has 0 spiro atoms. The Morgan fingerprint density at radius 1 is 0.486 bits per heavy atom. The third kappa shape index (κ3) is 8.05. The van der Waals surface area contributed by atoms with Crippen LogP contribution in [0, 0.1) is 0 Å². The van der Waals surface area contributed by atoms with Crippen LogP contribution in [0.4, 0.5) is 0 Å². The van der Waals surface area contributed by atoms with Crippen molar-refractivity contribution >= 4 is 41.0 Å². The molecular weight excluding hydrogens is 677 g/mol. The monoisotopic (exact) mass is 698 g/mol. The zero-order valence-electron chi connectivity index (χ0n) is 19.4. The van der Waals surface area contributed by atoms with E-state index in [1.54, 1.807) is 36.4 Å². The van der Waals surface area contributed by atoms with E-state index in [0.717, 1.165) is 18.8 Å². The van der Waals surface area contributed by atoms with Crippen LogP contribution in [-0.4, -0.2) is 41.0 Å². The Bertz CT molecular complexity index is 1110. The van der Waals surface area contributed by atoms with Crippen molar-refractivity contribution in [2.24, 2.45) is 0 Å². The second-order valence-corrected chi connectivity index (χ2v) is 10.7. The SMILES string of the molecule is C=COC(=O)c1ccc([O][Bi]([O]c2ccc(C(=O)OC=C)cc2)[O]c2ccc(C(=O)OC=C)cc2)cc1. The second-order valence-electron chi connectivity index (χ2n) is 6.79. The van der Waals surface area contributed by atoms with Crippen LogP contribution in [-0.2, 0) is 14.2 Å². The first-order chi connectivity index (χ1) is 17.9. The van der Waals surface area contributed by atoms with Gasteiger partial charge in [0.05, 0.1) is 0 Å². The molecule has 0 saturated heterocycles. The summed E-state index contributed by atoms with van der Waals surface area (Å²) < 4.78 is 32.4. The van der Waals surface area contributed by atoms with Crippen molar-refractivity contribution in [3.8, 4) is 17.2 Å². The average Bonchev–Trinajstić information content (AvgIpc) is 2.90. The van der Waals surface area contributed by atoms with E-state index in [2.05, 4.69) is 19.7 Å². The summed E-state index contributed by atoms with van der Waals surface area (Å²) in [5.74, 6) is -0.447. The molecule has 10 heteroatoms. The first-order valence-electron chi connectivity index (χ1n) is 10.5. The van der Waals surface area contributed by atoms with E-state index in [-0.39, 0.29) is 0 Å². The molecule has 0 heterocycles. The topological polar surface area (TPSA) is 107 Å². The summed E-state index contributed by atoms with van der Waals surface area (Å²) in [5, 5.41) is 0. The van der Waals surface area contributed by atoms with Crippen molar-refractivity contribution in [1.82, 2.24) is 0 Å². The molecule has 0 aliphatic rings. The quantitative estimate of drug-likeness (QED) is 0.111. The molecule has 0 fully saturated rings. The third-order valence-electron chi connectivity index (χ3n) is 4.38. The molecule has 0 saturated carbocycles. The van der Waals surface area contributed by atoms with Gasteiger partial charge in [-0.15, -0.1) is 0 Å². The number of rotatable bonds is 12. The molecule has 0 bridgehead atoms. The maximum absolute atomic E-state index is 11.8. The molecular formula is C27H21BiO9. The van der Waals surface area contributed by atoms with Crippen molar-refractivity contribution in [3.05, 3.63) is 128 Å². The fraction of sp³-hybridized carbons (Fsp3) is 0. The van der Waals surface area contributed by atoms with Gasteiger partial charge in [-0.2, -0.15) is 0 Å². The summed E-state index contributed by atoms with van der Waals surface area (Å²) in [6, 6.07) is 18.7. The maximum atomic E-state index is 11.8. The van der Waals surface area contributed by atoms with Gasteiger partial charge in [-0.1, -0.05) is 0 Å². The van der Waals surface area contributed by atoms with Gasteiger partial charge in [0.1, 0.15) is 0 Å². The summed E-state index contributed by atoms with van der Waals surface area (Å²) >= 11 is -3.75. The van der Waals surface area contributed by atoms with Gasteiger partial charge in [0, 0.05) is 0 Å². The number of carbonyl (C=O) groups excluding carboxylic acids is 3. The molecule has 37 heavy (non-hydrogen) atoms. The van der Waals surface area contributed by atoms with E-state index in [1.807, 2.05) is 0 Å². The van der Waals surface area contributed by atoms with E-state index >= 15 is 0 Å². The minimum absolute atomic E-state index is 0.309. The Morgan fingerprint density at radius 2 is 0.730 bits per heavy atom. The molecule has 0 amide bonds. The molecule has 188 valence electrons. The molecule has 3 aromatic rings. The minimum atomic E-state index is -3.75. The number of hydrogen-bond acceptors (Lipinski definition) is 9. The fourth-order valence-corrected chi connectivity index (χ4v) is 6.56. The zero-order chi connectivity index (χ0) is 26.6. The molecule has 0 aliphatic carbocycles. The van der Waals surface area contributed by atoms with Gasteiger partial charge in [0.2, 0.25) is 0 Å². The number of hydrogen-bond donors (Lipinski definition) is 0. The predicted octanol–water partition coefficient (Wildman–Crippen LogP) is 5.11. The number of esters is 3. The Morgan fingerprint density at radius 3 is 0.946 bits per heavy atom. The van der Waals surface area contributed by atoms with Crippen LogP contribution in [0.1, 0.15) is 31.1 Å². The average molecular weight is 698 g/mol. The van der Waals surface area contributed by atoms with Gasteiger partial charge in [-0.25, -0.2) is 0 Å². The molecule has 0 atom stereocenters. The molecule has 3 aromatic carbocycles. The molecule has 0 aromatic heterocycles. The standard InChI is InChI=1S/3C9H8O3.Bi/c3*1-2-12-9(11)7-3-5-8(10)6-4-7;/h3*2-6,10H,1H2;/q;;;+3/p-3.